The maximum Gasteiger partial charge on any atom is 0.0471 e. The van der Waals surface area contributed by atoms with Crippen molar-refractivity contribution in [3.05, 3.63) is 161 Å². The van der Waals surface area contributed by atoms with Gasteiger partial charge >= 0.3 is 0 Å². The molecule has 0 N–H and O–H groups in total. The molecule has 1 nitrogen and oxygen atoms in total. The molecule has 0 aliphatic heterocycles. The van der Waals surface area contributed by atoms with Crippen molar-refractivity contribution in [3.63, 3.8) is 0 Å². The largest absolute Gasteiger partial charge is 0.310 e. The van der Waals surface area contributed by atoms with Gasteiger partial charge in [0.2, 0.25) is 0 Å². The first-order chi connectivity index (χ1) is 29.0. The summed E-state index contributed by atoms with van der Waals surface area (Å²) in [6.07, 6.45) is 19.1. The van der Waals surface area contributed by atoms with Crippen LogP contribution < -0.4 is 4.90 Å². The minimum atomic E-state index is -0.128. The van der Waals surface area contributed by atoms with E-state index in [1.165, 1.54) is 163 Å². The van der Waals surface area contributed by atoms with Crippen LogP contribution in [0.2, 0.25) is 0 Å². The van der Waals surface area contributed by atoms with Crippen molar-refractivity contribution >= 4 is 17.1 Å². The Kier molecular flexibility index (Phi) is 9.63. The van der Waals surface area contributed by atoms with Gasteiger partial charge in [-0.05, 0) is 172 Å². The van der Waals surface area contributed by atoms with Crippen molar-refractivity contribution in [2.75, 3.05) is 4.90 Å². The van der Waals surface area contributed by atoms with E-state index in [1.807, 2.05) is 0 Å². The number of anilines is 3. The van der Waals surface area contributed by atoms with Crippen LogP contribution >= 0.6 is 0 Å². The Balaban J connectivity index is 1.07. The fraction of sp³-hybridized carbons (Fsp3) is 0.379. The van der Waals surface area contributed by atoms with Crippen molar-refractivity contribution in [1.82, 2.24) is 0 Å². The van der Waals surface area contributed by atoms with Gasteiger partial charge in [-0.2, -0.15) is 0 Å². The lowest BCUT2D eigenvalue weighted by molar-refractivity contribution is 0.420. The smallest absolute Gasteiger partial charge is 0.0471 e. The lowest BCUT2D eigenvalue weighted by Crippen LogP contribution is -2.17. The third-order valence-corrected chi connectivity index (χ3v) is 16.0. The fourth-order valence-corrected chi connectivity index (χ4v) is 12.8. The molecule has 0 radical (unpaired) electrons. The topological polar surface area (TPSA) is 3.24 Å². The first kappa shape index (κ1) is 37.1. The highest BCUT2D eigenvalue weighted by atomic mass is 15.1. The predicted molar refractivity (Wildman–Crippen MR) is 249 cm³/mol. The molecule has 0 spiro atoms. The van der Waals surface area contributed by atoms with Crippen molar-refractivity contribution in [3.8, 4) is 33.4 Å². The SMILES string of the molecule is CC1(C)c2ccccc2-c2c(-c3ccc(C4CCCCC4)cc3)cc(N(c3ccc(C4CC5CCC4C5)cc3)c3cccc(-c4ccccc4C4CCCCC4)c3)cc21. The fourth-order valence-electron chi connectivity index (χ4n) is 12.8. The Hall–Kier alpha value is -4.88. The number of nitrogens with zero attached hydrogens (tertiary/aromatic N) is 1. The molecule has 0 amide bonds. The molecule has 3 atom stereocenters. The van der Waals surface area contributed by atoms with Crippen molar-refractivity contribution in [1.29, 1.82) is 0 Å². The zero-order chi connectivity index (χ0) is 39.5. The lowest BCUT2D eigenvalue weighted by Gasteiger charge is -2.30. The minimum Gasteiger partial charge on any atom is -0.310 e. The van der Waals surface area contributed by atoms with E-state index in [0.29, 0.717) is 11.8 Å². The second kappa shape index (κ2) is 15.3. The quantitative estimate of drug-likeness (QED) is 0.149. The van der Waals surface area contributed by atoms with E-state index >= 15 is 0 Å². The van der Waals surface area contributed by atoms with Crippen molar-refractivity contribution in [2.45, 2.75) is 127 Å². The summed E-state index contributed by atoms with van der Waals surface area (Å²) in [6.45, 7) is 4.88. The van der Waals surface area contributed by atoms with E-state index in [0.717, 1.165) is 17.8 Å². The highest BCUT2D eigenvalue weighted by molar-refractivity contribution is 5.96. The monoisotopic (exact) mass is 771 g/mol. The van der Waals surface area contributed by atoms with E-state index < -0.39 is 0 Å². The second-order valence-corrected chi connectivity index (χ2v) is 19.7. The number of rotatable bonds is 8. The molecule has 5 aliphatic carbocycles. The van der Waals surface area contributed by atoms with Gasteiger partial charge in [0.05, 0.1) is 0 Å². The number of benzene rings is 6. The van der Waals surface area contributed by atoms with Crippen LogP contribution in [-0.4, -0.2) is 0 Å². The summed E-state index contributed by atoms with van der Waals surface area (Å²) in [5.41, 5.74) is 19.2. The van der Waals surface area contributed by atoms with Gasteiger partial charge in [-0.3, -0.25) is 0 Å². The molecule has 0 saturated heterocycles. The highest BCUT2D eigenvalue weighted by Gasteiger charge is 2.41. The molecule has 0 heterocycles. The molecule has 4 fully saturated rings. The van der Waals surface area contributed by atoms with E-state index in [2.05, 4.69) is 152 Å². The van der Waals surface area contributed by atoms with Crippen LogP contribution in [0.1, 0.15) is 149 Å². The van der Waals surface area contributed by atoms with Gasteiger partial charge in [0, 0.05) is 22.5 Å². The van der Waals surface area contributed by atoms with Crippen LogP contribution in [-0.2, 0) is 5.41 Å². The lowest BCUT2D eigenvalue weighted by atomic mass is 9.80. The van der Waals surface area contributed by atoms with Gasteiger partial charge in [0.25, 0.3) is 0 Å². The molecule has 5 aliphatic rings. The summed E-state index contributed by atoms with van der Waals surface area (Å²) < 4.78 is 0. The van der Waals surface area contributed by atoms with Gasteiger partial charge < -0.3 is 4.90 Å². The van der Waals surface area contributed by atoms with Crippen LogP contribution in [0.4, 0.5) is 17.1 Å². The number of fused-ring (bicyclic) bond motifs is 5. The van der Waals surface area contributed by atoms with Gasteiger partial charge in [-0.15, -0.1) is 0 Å². The highest BCUT2D eigenvalue weighted by Crippen LogP contribution is 2.56. The van der Waals surface area contributed by atoms with E-state index in [-0.39, 0.29) is 5.41 Å². The predicted octanol–water partition coefficient (Wildman–Crippen LogP) is 16.8. The summed E-state index contributed by atoms with van der Waals surface area (Å²) in [5.74, 6) is 3.87. The molecule has 0 aromatic heterocycles. The average Bonchev–Trinajstić information content (AvgIpc) is 4.00. The van der Waals surface area contributed by atoms with Crippen LogP contribution in [0.15, 0.2) is 133 Å². The molecule has 1 heteroatoms. The molecule has 2 bridgehead atoms. The Bertz CT molecular complexity index is 2460. The summed E-state index contributed by atoms with van der Waals surface area (Å²) in [6, 6.07) is 52.7. The molecule has 59 heavy (non-hydrogen) atoms. The van der Waals surface area contributed by atoms with Crippen LogP contribution in [0.5, 0.6) is 0 Å². The second-order valence-electron chi connectivity index (χ2n) is 19.7. The van der Waals surface area contributed by atoms with Crippen molar-refractivity contribution < 1.29 is 0 Å². The Morgan fingerprint density at radius 1 is 0.458 bits per heavy atom. The molecule has 11 rings (SSSR count). The zero-order valence-electron chi connectivity index (χ0n) is 35.4. The number of hydrogen-bond acceptors (Lipinski definition) is 1. The first-order valence-corrected chi connectivity index (χ1v) is 23.5. The van der Waals surface area contributed by atoms with Crippen LogP contribution in [0.3, 0.4) is 0 Å². The molecular formula is C58H61N. The van der Waals surface area contributed by atoms with E-state index in [9.17, 15) is 0 Å². The molecule has 298 valence electrons. The Morgan fingerprint density at radius 2 is 1.15 bits per heavy atom. The van der Waals surface area contributed by atoms with E-state index in [4.69, 9.17) is 0 Å². The van der Waals surface area contributed by atoms with Crippen LogP contribution in [0, 0.1) is 11.8 Å². The molecule has 6 aromatic rings. The maximum atomic E-state index is 2.58. The third-order valence-electron chi connectivity index (χ3n) is 16.0. The van der Waals surface area contributed by atoms with E-state index in [1.54, 1.807) is 5.56 Å². The maximum absolute atomic E-state index is 2.58. The minimum absolute atomic E-state index is 0.128. The number of hydrogen-bond donors (Lipinski definition) is 0. The summed E-state index contributed by atoms with van der Waals surface area (Å²) >= 11 is 0. The Labute approximate surface area is 353 Å². The average molecular weight is 772 g/mol. The molecule has 6 aromatic carbocycles. The standard InChI is InChI=1S/C58H61N/c1-58(2)55-23-12-11-22-52(55)57-54(44-28-26-41(27-29-44)40-14-5-3-6-15-40)37-49(38-56(57)58)59(47-32-30-43(31-33-47)53-35-39-24-25-46(53)34-39)48-19-13-18-45(36-48)51-21-10-9-20-50(51)42-16-7-4-8-17-42/h9-13,18-23,26-33,36-40,42,46,53H,3-8,14-17,24-25,34-35H2,1-2H3. The van der Waals surface area contributed by atoms with Crippen LogP contribution in [0.25, 0.3) is 33.4 Å². The van der Waals surface area contributed by atoms with Gasteiger partial charge in [0.1, 0.15) is 0 Å². The molecular weight excluding hydrogens is 711 g/mol. The Morgan fingerprint density at radius 3 is 1.88 bits per heavy atom. The normalized spacial score (nSPS) is 22.3. The molecule has 4 saturated carbocycles. The summed E-state index contributed by atoms with van der Waals surface area (Å²) in [7, 11) is 0. The van der Waals surface area contributed by atoms with Gasteiger partial charge in [0.15, 0.2) is 0 Å². The van der Waals surface area contributed by atoms with Crippen molar-refractivity contribution in [2.24, 2.45) is 11.8 Å². The first-order valence-electron chi connectivity index (χ1n) is 23.5. The van der Waals surface area contributed by atoms with Gasteiger partial charge in [-0.1, -0.05) is 156 Å². The van der Waals surface area contributed by atoms with Gasteiger partial charge in [-0.25, -0.2) is 0 Å². The molecule has 3 unspecified atom stereocenters. The summed E-state index contributed by atoms with van der Waals surface area (Å²) in [4.78, 5) is 2.58. The summed E-state index contributed by atoms with van der Waals surface area (Å²) in [5, 5.41) is 0. The zero-order valence-corrected chi connectivity index (χ0v) is 35.4. The third kappa shape index (κ3) is 6.68.